The second-order valence-electron chi connectivity index (χ2n) is 7.76. The number of hydrogen-bond donors (Lipinski definition) is 1. The van der Waals surface area contributed by atoms with Crippen molar-refractivity contribution in [2.24, 2.45) is 0 Å². The maximum atomic E-state index is 12.9. The molecule has 2 aliphatic heterocycles. The van der Waals surface area contributed by atoms with Crippen molar-refractivity contribution < 1.29 is 23.1 Å². The molecule has 29 heavy (non-hydrogen) atoms. The van der Waals surface area contributed by atoms with Crippen LogP contribution < -0.4 is 15.1 Å². The molecule has 1 atom stereocenters. The molecule has 1 saturated heterocycles. The maximum absolute atomic E-state index is 12.9. The van der Waals surface area contributed by atoms with Gasteiger partial charge in [0.1, 0.15) is 17.1 Å². The number of nitrogens with zero attached hydrogens (tertiary/aromatic N) is 3. The fraction of sp³-hybridized carbons (Fsp3) is 0.474. The number of aromatic nitrogens is 1. The lowest BCUT2D eigenvalue weighted by molar-refractivity contribution is 0.0694. The third-order valence-corrected chi connectivity index (χ3v) is 6.73. The predicted molar refractivity (Wildman–Crippen MR) is 108 cm³/mol. The molecular formula is C19H23N3O6S. The van der Waals surface area contributed by atoms with Crippen LogP contribution in [-0.4, -0.2) is 75.0 Å². The highest BCUT2D eigenvalue weighted by molar-refractivity contribution is 7.91. The Balaban J connectivity index is 2.12. The Morgan fingerprint density at radius 1 is 1.24 bits per heavy atom. The number of piperazine rings is 1. The molecule has 0 aliphatic carbocycles. The Bertz CT molecular complexity index is 1180. The van der Waals surface area contributed by atoms with Gasteiger partial charge in [-0.1, -0.05) is 0 Å². The molecule has 9 nitrogen and oxygen atoms in total. The molecule has 4 rings (SSSR count). The second kappa shape index (κ2) is 6.74. The van der Waals surface area contributed by atoms with Crippen LogP contribution in [-0.2, 0) is 9.84 Å². The first-order valence-corrected chi connectivity index (χ1v) is 11.2. The van der Waals surface area contributed by atoms with E-state index in [2.05, 4.69) is 4.90 Å². The van der Waals surface area contributed by atoms with Gasteiger partial charge >= 0.3 is 5.97 Å². The quantitative estimate of drug-likeness (QED) is 0.776. The molecular weight excluding hydrogens is 398 g/mol. The molecule has 1 aromatic heterocycles. The highest BCUT2D eigenvalue weighted by Gasteiger charge is 2.33. The lowest BCUT2D eigenvalue weighted by Gasteiger charge is -2.36. The van der Waals surface area contributed by atoms with Crippen LogP contribution in [0.3, 0.4) is 0 Å². The number of carboxylic acids is 1. The molecule has 2 aromatic rings. The van der Waals surface area contributed by atoms with E-state index in [0.717, 1.165) is 19.3 Å². The van der Waals surface area contributed by atoms with Crippen molar-refractivity contribution in [3.63, 3.8) is 0 Å². The zero-order valence-electron chi connectivity index (χ0n) is 16.5. The van der Waals surface area contributed by atoms with Crippen molar-refractivity contribution in [2.75, 3.05) is 51.0 Å². The van der Waals surface area contributed by atoms with Gasteiger partial charge in [0, 0.05) is 38.6 Å². The normalized spacial score (nSPS) is 20.0. The van der Waals surface area contributed by atoms with Crippen molar-refractivity contribution in [2.45, 2.75) is 17.9 Å². The van der Waals surface area contributed by atoms with Crippen LogP contribution in [0.25, 0.3) is 10.9 Å². The van der Waals surface area contributed by atoms with Crippen molar-refractivity contribution in [3.8, 4) is 5.75 Å². The van der Waals surface area contributed by atoms with Crippen LogP contribution in [0.2, 0.25) is 0 Å². The van der Waals surface area contributed by atoms with Gasteiger partial charge in [-0.2, -0.15) is 0 Å². The topological polar surface area (TPSA) is 109 Å². The van der Waals surface area contributed by atoms with Crippen molar-refractivity contribution in [1.29, 1.82) is 0 Å². The summed E-state index contributed by atoms with van der Waals surface area (Å²) in [6, 6.07) is 1.28. The van der Waals surface area contributed by atoms with Gasteiger partial charge in [0.25, 0.3) is 0 Å². The summed E-state index contributed by atoms with van der Waals surface area (Å²) in [4.78, 5) is 28.7. The first-order valence-electron chi connectivity index (χ1n) is 9.35. The van der Waals surface area contributed by atoms with E-state index in [1.807, 2.05) is 18.9 Å². The molecule has 1 unspecified atom stereocenters. The summed E-state index contributed by atoms with van der Waals surface area (Å²) in [6.07, 6.45) is 2.41. The largest absolute Gasteiger partial charge is 0.488 e. The summed E-state index contributed by atoms with van der Waals surface area (Å²) in [7, 11) is -1.69. The summed E-state index contributed by atoms with van der Waals surface area (Å²) in [6.45, 7) is 4.67. The number of aromatic carboxylic acids is 1. The van der Waals surface area contributed by atoms with Crippen LogP contribution in [0.5, 0.6) is 5.75 Å². The standard InChI is InChI=1S/C19H23N3O6S/c1-11-10-28-17-15-12(16(23)13(19(24)25)9-22(11)15)8-14(18(17)29(3,26)27)21-6-4-20(2)5-7-21/h8-9,11H,4-7,10H2,1-3H3,(H,24,25). The van der Waals surface area contributed by atoms with Gasteiger partial charge in [-0.05, 0) is 20.0 Å². The van der Waals surface area contributed by atoms with Crippen LogP contribution in [0, 0.1) is 0 Å². The van der Waals surface area contributed by atoms with E-state index in [4.69, 9.17) is 4.74 Å². The highest BCUT2D eigenvalue weighted by Crippen LogP contribution is 2.43. The number of sulfone groups is 1. The SMILES string of the molecule is CC1COc2c(S(C)(=O)=O)c(N3CCN(C)CC3)cc3c(=O)c(C(=O)O)cn1c23. The lowest BCUT2D eigenvalue weighted by Crippen LogP contribution is -2.45. The minimum absolute atomic E-state index is 0.0534. The number of carbonyl (C=O) groups is 1. The number of benzene rings is 1. The van der Waals surface area contributed by atoms with Gasteiger partial charge < -0.3 is 24.2 Å². The minimum atomic E-state index is -3.68. The lowest BCUT2D eigenvalue weighted by atomic mass is 10.1. The van der Waals surface area contributed by atoms with Crippen molar-refractivity contribution in [3.05, 3.63) is 28.0 Å². The minimum Gasteiger partial charge on any atom is -0.488 e. The molecule has 0 saturated carbocycles. The van der Waals surface area contributed by atoms with E-state index < -0.39 is 21.2 Å². The number of carboxylic acid groups (broad SMARTS) is 1. The molecule has 0 amide bonds. The molecule has 1 N–H and O–H groups in total. The van der Waals surface area contributed by atoms with Gasteiger partial charge in [0.15, 0.2) is 15.6 Å². The summed E-state index contributed by atoms with van der Waals surface area (Å²) >= 11 is 0. The monoisotopic (exact) mass is 421 g/mol. The van der Waals surface area contributed by atoms with Gasteiger partial charge in [0.05, 0.1) is 22.6 Å². The van der Waals surface area contributed by atoms with Crippen LogP contribution in [0.4, 0.5) is 5.69 Å². The summed E-state index contributed by atoms with van der Waals surface area (Å²) < 4.78 is 33.0. The van der Waals surface area contributed by atoms with Gasteiger partial charge in [-0.25, -0.2) is 13.2 Å². The molecule has 156 valence electrons. The van der Waals surface area contributed by atoms with Crippen LogP contribution in [0.15, 0.2) is 22.0 Å². The van der Waals surface area contributed by atoms with Crippen molar-refractivity contribution in [1.82, 2.24) is 9.47 Å². The molecule has 2 aliphatic rings. The Kier molecular flexibility index (Phi) is 4.58. The molecule has 0 radical (unpaired) electrons. The number of pyridine rings is 1. The third-order valence-electron chi connectivity index (χ3n) is 5.59. The molecule has 0 spiro atoms. The predicted octanol–water partition coefficient (Wildman–Crippen LogP) is 0.808. The maximum Gasteiger partial charge on any atom is 0.341 e. The van der Waals surface area contributed by atoms with E-state index >= 15 is 0 Å². The average molecular weight is 421 g/mol. The smallest absolute Gasteiger partial charge is 0.341 e. The molecule has 0 bridgehead atoms. The zero-order chi connectivity index (χ0) is 21.1. The molecule has 10 heteroatoms. The van der Waals surface area contributed by atoms with Gasteiger partial charge in [-0.3, -0.25) is 4.79 Å². The first kappa shape index (κ1) is 19.7. The second-order valence-corrected chi connectivity index (χ2v) is 9.71. The summed E-state index contributed by atoms with van der Waals surface area (Å²) in [5, 5.41) is 9.65. The average Bonchev–Trinajstić information content (AvgIpc) is 2.64. The summed E-state index contributed by atoms with van der Waals surface area (Å²) in [5.41, 5.74) is -0.257. The molecule has 3 heterocycles. The highest BCUT2D eigenvalue weighted by atomic mass is 32.2. The Morgan fingerprint density at radius 2 is 1.90 bits per heavy atom. The number of hydrogen-bond acceptors (Lipinski definition) is 7. The fourth-order valence-corrected chi connectivity index (χ4v) is 5.07. The van der Waals surface area contributed by atoms with Gasteiger partial charge in [0.2, 0.25) is 5.43 Å². The molecule has 1 aromatic carbocycles. The number of likely N-dealkylation sites (N-methyl/N-ethyl adjacent to an activating group) is 1. The van der Waals surface area contributed by atoms with E-state index in [1.165, 1.54) is 12.3 Å². The van der Waals surface area contributed by atoms with Crippen molar-refractivity contribution >= 4 is 32.4 Å². The number of anilines is 1. The van der Waals surface area contributed by atoms with E-state index in [9.17, 15) is 23.1 Å². The zero-order valence-corrected chi connectivity index (χ0v) is 17.3. The number of rotatable bonds is 3. The van der Waals surface area contributed by atoms with Crippen LogP contribution >= 0.6 is 0 Å². The fourth-order valence-electron chi connectivity index (χ4n) is 4.01. The van der Waals surface area contributed by atoms with Gasteiger partial charge in [-0.15, -0.1) is 0 Å². The van der Waals surface area contributed by atoms with E-state index in [0.29, 0.717) is 24.3 Å². The Morgan fingerprint density at radius 3 is 2.48 bits per heavy atom. The Hall–Kier alpha value is -2.59. The number of ether oxygens (including phenoxy) is 1. The van der Waals surface area contributed by atoms with Crippen LogP contribution in [0.1, 0.15) is 23.3 Å². The Labute approximate surface area is 168 Å². The summed E-state index contributed by atoms with van der Waals surface area (Å²) in [5.74, 6) is -1.18. The van der Waals surface area contributed by atoms with E-state index in [-0.39, 0.29) is 34.2 Å². The van der Waals surface area contributed by atoms with E-state index in [1.54, 1.807) is 4.57 Å². The third kappa shape index (κ3) is 3.16. The molecule has 1 fully saturated rings. The first-order chi connectivity index (χ1) is 13.6.